The Hall–Kier alpha value is -2.41. The number of rotatable bonds is 4. The third-order valence-electron chi connectivity index (χ3n) is 7.46. The highest BCUT2D eigenvalue weighted by Crippen LogP contribution is 2.36. The van der Waals surface area contributed by atoms with E-state index in [9.17, 15) is 19.5 Å². The highest BCUT2D eigenvalue weighted by Gasteiger charge is 2.41. The van der Waals surface area contributed by atoms with Crippen LogP contribution in [-0.2, 0) is 20.8 Å². The maximum atomic E-state index is 13.6. The van der Waals surface area contributed by atoms with Crippen LogP contribution >= 0.6 is 0 Å². The van der Waals surface area contributed by atoms with Crippen molar-refractivity contribution in [3.8, 4) is 0 Å². The zero-order valence-corrected chi connectivity index (χ0v) is 18.3. The second-order valence-corrected chi connectivity index (χ2v) is 9.30. The molecule has 0 radical (unpaired) electrons. The molecular formula is C24H33N3O4. The molecule has 2 amide bonds. The van der Waals surface area contributed by atoms with Crippen LogP contribution in [0.15, 0.2) is 24.3 Å². The number of amides is 2. The van der Waals surface area contributed by atoms with E-state index in [0.717, 1.165) is 56.1 Å². The number of likely N-dealkylation sites (N-methyl/N-ethyl adjacent to an activating group) is 1. The van der Waals surface area contributed by atoms with Crippen molar-refractivity contribution in [2.45, 2.75) is 44.6 Å². The van der Waals surface area contributed by atoms with E-state index in [0.29, 0.717) is 12.3 Å². The number of fused-ring (bicyclic) bond motifs is 1. The molecule has 0 saturated carbocycles. The number of hydrogen-bond donors (Lipinski definition) is 2. The Labute approximate surface area is 183 Å². The van der Waals surface area contributed by atoms with Gasteiger partial charge in [0.2, 0.25) is 11.8 Å². The van der Waals surface area contributed by atoms with Crippen molar-refractivity contribution >= 4 is 17.8 Å². The average molecular weight is 428 g/mol. The highest BCUT2D eigenvalue weighted by atomic mass is 16.4. The fourth-order valence-corrected chi connectivity index (χ4v) is 5.71. The maximum Gasteiger partial charge on any atom is 0.304 e. The van der Waals surface area contributed by atoms with E-state index in [-0.39, 0.29) is 18.2 Å². The van der Waals surface area contributed by atoms with Gasteiger partial charge in [0.1, 0.15) is 6.04 Å². The number of hydrogen-bond acceptors (Lipinski definition) is 4. The summed E-state index contributed by atoms with van der Waals surface area (Å²) in [7, 11) is 1.64. The lowest BCUT2D eigenvalue weighted by Crippen LogP contribution is -2.48. The molecule has 0 bridgehead atoms. The monoisotopic (exact) mass is 427 g/mol. The van der Waals surface area contributed by atoms with E-state index >= 15 is 0 Å². The summed E-state index contributed by atoms with van der Waals surface area (Å²) in [5.41, 5.74) is 1.73. The van der Waals surface area contributed by atoms with Crippen LogP contribution in [0.3, 0.4) is 0 Å². The average Bonchev–Trinajstić information content (AvgIpc) is 2.88. The molecule has 168 valence electrons. The van der Waals surface area contributed by atoms with Gasteiger partial charge in [0.05, 0.1) is 12.3 Å². The summed E-state index contributed by atoms with van der Waals surface area (Å²) in [6, 6.07) is 6.92. The number of aliphatic carboxylic acids is 1. The second-order valence-electron chi connectivity index (χ2n) is 9.30. The van der Waals surface area contributed by atoms with Crippen molar-refractivity contribution in [3.63, 3.8) is 0 Å². The molecule has 2 N–H and O–H groups in total. The Morgan fingerprint density at radius 3 is 2.39 bits per heavy atom. The van der Waals surface area contributed by atoms with Crippen molar-refractivity contribution < 1.29 is 19.5 Å². The Bertz CT molecular complexity index is 828. The van der Waals surface area contributed by atoms with Gasteiger partial charge in [-0.25, -0.2) is 0 Å². The minimum absolute atomic E-state index is 0.0389. The molecule has 0 spiro atoms. The van der Waals surface area contributed by atoms with Crippen molar-refractivity contribution in [1.29, 1.82) is 0 Å². The van der Waals surface area contributed by atoms with Gasteiger partial charge in [0, 0.05) is 20.1 Å². The maximum absolute atomic E-state index is 13.6. The minimum atomic E-state index is -0.992. The standard InChI is InChI=1S/C24H33N3O4/c1-26-22(20-5-3-2-4-18(20)14-19(23(26)30)15-21(28)29)24(31)27-12-8-17(9-13-27)16-6-10-25-11-7-16/h2-5,16-17,19,22,25H,6-15H2,1H3,(H,28,29). The smallest absolute Gasteiger partial charge is 0.304 e. The minimum Gasteiger partial charge on any atom is -0.481 e. The molecular weight excluding hydrogens is 394 g/mol. The Morgan fingerprint density at radius 2 is 1.71 bits per heavy atom. The zero-order chi connectivity index (χ0) is 22.0. The van der Waals surface area contributed by atoms with Crippen molar-refractivity contribution in [2.24, 2.45) is 17.8 Å². The van der Waals surface area contributed by atoms with Crippen LogP contribution < -0.4 is 5.32 Å². The lowest BCUT2D eigenvalue weighted by molar-refractivity contribution is -0.149. The third-order valence-corrected chi connectivity index (χ3v) is 7.46. The quantitative estimate of drug-likeness (QED) is 0.768. The summed E-state index contributed by atoms with van der Waals surface area (Å²) in [5, 5.41) is 12.7. The molecule has 0 aromatic heterocycles. The van der Waals surface area contributed by atoms with Gasteiger partial charge in [0.25, 0.3) is 0 Å². The van der Waals surface area contributed by atoms with Gasteiger partial charge in [-0.3, -0.25) is 14.4 Å². The summed E-state index contributed by atoms with van der Waals surface area (Å²) in [4.78, 5) is 41.5. The molecule has 7 nitrogen and oxygen atoms in total. The van der Waals surface area contributed by atoms with Gasteiger partial charge in [-0.15, -0.1) is 0 Å². The van der Waals surface area contributed by atoms with Crippen LogP contribution in [0.4, 0.5) is 0 Å². The lowest BCUT2D eigenvalue weighted by Gasteiger charge is -2.40. The molecule has 31 heavy (non-hydrogen) atoms. The highest BCUT2D eigenvalue weighted by molar-refractivity contribution is 5.92. The molecule has 3 aliphatic heterocycles. The molecule has 2 fully saturated rings. The molecule has 7 heteroatoms. The fraction of sp³-hybridized carbons (Fsp3) is 0.625. The first-order chi connectivity index (χ1) is 15.0. The summed E-state index contributed by atoms with van der Waals surface area (Å²) in [6.07, 6.45) is 4.61. The number of carboxylic acids is 1. The topological polar surface area (TPSA) is 90.0 Å². The molecule has 2 atom stereocenters. The summed E-state index contributed by atoms with van der Waals surface area (Å²) >= 11 is 0. The molecule has 4 rings (SSSR count). The molecule has 1 aromatic rings. The lowest BCUT2D eigenvalue weighted by atomic mass is 9.79. The number of carboxylic acid groups (broad SMARTS) is 1. The van der Waals surface area contributed by atoms with Gasteiger partial charge in [0.15, 0.2) is 0 Å². The van der Waals surface area contributed by atoms with Crippen molar-refractivity contribution in [1.82, 2.24) is 15.1 Å². The summed E-state index contributed by atoms with van der Waals surface area (Å²) in [5.74, 6) is -0.518. The number of piperidine rings is 2. The Kier molecular flexibility index (Phi) is 6.60. The molecule has 2 unspecified atom stereocenters. The SMILES string of the molecule is CN1C(=O)C(CC(=O)O)Cc2ccccc2C1C(=O)N1CCC(C2CCNCC2)CC1. The largest absolute Gasteiger partial charge is 0.481 e. The van der Waals surface area contributed by atoms with E-state index in [4.69, 9.17) is 0 Å². The van der Waals surface area contributed by atoms with Gasteiger partial charge >= 0.3 is 5.97 Å². The van der Waals surface area contributed by atoms with Crippen LogP contribution in [0.2, 0.25) is 0 Å². The number of nitrogens with one attached hydrogen (secondary N) is 1. The van der Waals surface area contributed by atoms with Gasteiger partial charge < -0.3 is 20.2 Å². The Morgan fingerprint density at radius 1 is 1.06 bits per heavy atom. The van der Waals surface area contributed by atoms with Crippen LogP contribution in [0, 0.1) is 17.8 Å². The van der Waals surface area contributed by atoms with Crippen molar-refractivity contribution in [2.75, 3.05) is 33.2 Å². The molecule has 1 aromatic carbocycles. The summed E-state index contributed by atoms with van der Waals surface area (Å²) in [6.45, 7) is 3.64. The number of carbonyl (C=O) groups is 3. The Balaban J connectivity index is 1.51. The van der Waals surface area contributed by atoms with Gasteiger partial charge in [-0.1, -0.05) is 24.3 Å². The van der Waals surface area contributed by atoms with E-state index in [2.05, 4.69) is 5.32 Å². The molecule has 3 aliphatic rings. The first-order valence-corrected chi connectivity index (χ1v) is 11.5. The van der Waals surface area contributed by atoms with Crippen LogP contribution in [0.25, 0.3) is 0 Å². The first-order valence-electron chi connectivity index (χ1n) is 11.5. The third kappa shape index (κ3) is 4.61. The van der Waals surface area contributed by atoms with Crippen LogP contribution in [-0.4, -0.2) is 65.9 Å². The second kappa shape index (κ2) is 9.39. The number of carbonyl (C=O) groups excluding carboxylic acids is 2. The van der Waals surface area contributed by atoms with Gasteiger partial charge in [-0.2, -0.15) is 0 Å². The van der Waals surface area contributed by atoms with Crippen LogP contribution in [0.1, 0.15) is 49.3 Å². The number of nitrogens with zero attached hydrogens (tertiary/aromatic N) is 2. The predicted octanol–water partition coefficient (Wildman–Crippen LogP) is 2.07. The van der Waals surface area contributed by atoms with Gasteiger partial charge in [-0.05, 0) is 68.2 Å². The predicted molar refractivity (Wildman–Crippen MR) is 116 cm³/mol. The fourth-order valence-electron chi connectivity index (χ4n) is 5.71. The molecule has 3 heterocycles. The molecule has 2 saturated heterocycles. The van der Waals surface area contributed by atoms with E-state index in [1.54, 1.807) is 7.05 Å². The first kappa shape index (κ1) is 21.8. The zero-order valence-electron chi connectivity index (χ0n) is 18.3. The van der Waals surface area contributed by atoms with Crippen LogP contribution in [0.5, 0.6) is 0 Å². The van der Waals surface area contributed by atoms with E-state index in [1.807, 2.05) is 29.2 Å². The normalized spacial score (nSPS) is 25.8. The molecule has 0 aliphatic carbocycles. The number of likely N-dealkylation sites (tertiary alicyclic amines) is 1. The van der Waals surface area contributed by atoms with Crippen molar-refractivity contribution in [3.05, 3.63) is 35.4 Å². The summed E-state index contributed by atoms with van der Waals surface area (Å²) < 4.78 is 0. The van der Waals surface area contributed by atoms with E-state index in [1.165, 1.54) is 17.7 Å². The number of benzene rings is 1. The van der Waals surface area contributed by atoms with E-state index < -0.39 is 17.9 Å².